The van der Waals surface area contributed by atoms with Crippen LogP contribution in [0.1, 0.15) is 24.1 Å². The second-order valence-electron chi connectivity index (χ2n) is 9.90. The van der Waals surface area contributed by atoms with E-state index in [0.717, 1.165) is 55.3 Å². The first-order chi connectivity index (χ1) is 17.3. The average molecular weight is 494 g/mol. The Balaban J connectivity index is 1.17. The number of halogens is 3. The maximum atomic E-state index is 14.0. The summed E-state index contributed by atoms with van der Waals surface area (Å²) in [7, 11) is 1.84. The Morgan fingerprint density at radius 2 is 1.81 bits per heavy atom. The first-order valence-corrected chi connectivity index (χ1v) is 12.1. The number of hydrogen-bond donors (Lipinski definition) is 1. The number of pyridine rings is 1. The number of anilines is 1. The van der Waals surface area contributed by atoms with Crippen LogP contribution in [0.25, 0.3) is 22.3 Å². The van der Waals surface area contributed by atoms with Crippen molar-refractivity contribution in [1.29, 1.82) is 0 Å². The standard InChI is InChI=1S/C26H26F3N7/c1-35-15-31-22-6-5-16(10-24(22)35)23-11-21(26(27,28)29)25(34-33-23)32-20-8-17-12-36(13-18(17)9-20)14-19-4-2-3-7-30-19/h2-7,10-11,15,17-18,20H,8-9,12-14H2,1H3,(H,32,34). The Morgan fingerprint density at radius 1 is 1.00 bits per heavy atom. The maximum absolute atomic E-state index is 14.0. The summed E-state index contributed by atoms with van der Waals surface area (Å²) in [5, 5.41) is 11.3. The fourth-order valence-electron chi connectivity index (χ4n) is 5.70. The van der Waals surface area contributed by atoms with E-state index < -0.39 is 11.7 Å². The van der Waals surface area contributed by atoms with Gasteiger partial charge in [0.05, 0.1) is 28.7 Å². The number of aryl methyl sites for hydroxylation is 1. The molecule has 1 aliphatic carbocycles. The summed E-state index contributed by atoms with van der Waals surface area (Å²) in [4.78, 5) is 11.1. The van der Waals surface area contributed by atoms with E-state index in [1.807, 2.05) is 29.8 Å². The molecule has 1 saturated heterocycles. The van der Waals surface area contributed by atoms with Crippen LogP contribution in [0.4, 0.5) is 19.0 Å². The van der Waals surface area contributed by atoms with Crippen LogP contribution in [0, 0.1) is 11.8 Å². The van der Waals surface area contributed by atoms with E-state index >= 15 is 0 Å². The molecule has 1 saturated carbocycles. The molecular formula is C26H26F3N7. The molecule has 0 bridgehead atoms. The molecule has 2 fully saturated rings. The van der Waals surface area contributed by atoms with Crippen LogP contribution in [0.3, 0.4) is 0 Å². The molecule has 3 aromatic heterocycles. The smallest absolute Gasteiger partial charge is 0.365 e. The number of aromatic nitrogens is 5. The number of fused-ring (bicyclic) bond motifs is 2. The third-order valence-corrected chi connectivity index (χ3v) is 7.40. The number of alkyl halides is 3. The van der Waals surface area contributed by atoms with Crippen molar-refractivity contribution in [1.82, 2.24) is 29.6 Å². The highest BCUT2D eigenvalue weighted by molar-refractivity contribution is 5.81. The van der Waals surface area contributed by atoms with E-state index in [-0.39, 0.29) is 17.6 Å². The lowest BCUT2D eigenvalue weighted by molar-refractivity contribution is -0.137. The van der Waals surface area contributed by atoms with E-state index in [1.165, 1.54) is 0 Å². The summed E-state index contributed by atoms with van der Waals surface area (Å²) in [6.07, 6.45) is 0.567. The van der Waals surface area contributed by atoms with Gasteiger partial charge in [0.25, 0.3) is 0 Å². The molecule has 1 aromatic carbocycles. The third kappa shape index (κ3) is 4.41. The van der Waals surface area contributed by atoms with Gasteiger partial charge in [0, 0.05) is 44.5 Å². The number of imidazole rings is 1. The summed E-state index contributed by atoms with van der Waals surface area (Å²) in [5.41, 5.74) is 2.60. The fourth-order valence-corrected chi connectivity index (χ4v) is 5.70. The normalized spacial score (nSPS) is 22.3. The Labute approximate surface area is 206 Å². The van der Waals surface area contributed by atoms with Gasteiger partial charge in [-0.2, -0.15) is 13.2 Å². The molecule has 36 heavy (non-hydrogen) atoms. The summed E-state index contributed by atoms with van der Waals surface area (Å²) in [6.45, 7) is 2.68. The predicted octanol–water partition coefficient (Wildman–Crippen LogP) is 4.77. The van der Waals surface area contributed by atoms with Crippen LogP contribution < -0.4 is 5.32 Å². The SMILES string of the molecule is Cn1cnc2ccc(-c3cc(C(F)(F)F)c(NC4CC5CN(Cc6ccccn6)CC5C4)nn3)cc21. The minimum atomic E-state index is -4.54. The molecule has 10 heteroatoms. The van der Waals surface area contributed by atoms with Crippen molar-refractivity contribution in [3.8, 4) is 11.3 Å². The molecule has 6 rings (SSSR count). The van der Waals surface area contributed by atoms with Crippen molar-refractivity contribution >= 4 is 16.9 Å². The highest BCUT2D eigenvalue weighted by atomic mass is 19.4. The Kier molecular flexibility index (Phi) is 5.63. The molecular weight excluding hydrogens is 467 g/mol. The van der Waals surface area contributed by atoms with Gasteiger partial charge in [-0.1, -0.05) is 12.1 Å². The van der Waals surface area contributed by atoms with Gasteiger partial charge in [0.2, 0.25) is 0 Å². The highest BCUT2D eigenvalue weighted by Crippen LogP contribution is 2.41. The first-order valence-electron chi connectivity index (χ1n) is 12.1. The maximum Gasteiger partial charge on any atom is 0.420 e. The van der Waals surface area contributed by atoms with Gasteiger partial charge in [0.1, 0.15) is 5.56 Å². The lowest BCUT2D eigenvalue weighted by atomic mass is 10.0. The van der Waals surface area contributed by atoms with Crippen molar-refractivity contribution in [2.45, 2.75) is 31.6 Å². The van der Waals surface area contributed by atoms with Crippen LogP contribution >= 0.6 is 0 Å². The monoisotopic (exact) mass is 493 g/mol. The van der Waals surface area contributed by atoms with Gasteiger partial charge in [-0.3, -0.25) is 9.88 Å². The Bertz CT molecular complexity index is 1370. The average Bonchev–Trinajstić information content (AvgIpc) is 3.52. The second kappa shape index (κ2) is 8.85. The molecule has 4 heterocycles. The summed E-state index contributed by atoms with van der Waals surface area (Å²) < 4.78 is 43.9. The molecule has 7 nitrogen and oxygen atoms in total. The van der Waals surface area contributed by atoms with E-state index in [9.17, 15) is 13.2 Å². The fraction of sp³-hybridized carbons (Fsp3) is 0.385. The number of nitrogens with one attached hydrogen (secondary N) is 1. The number of benzene rings is 1. The lowest BCUT2D eigenvalue weighted by Gasteiger charge is -2.21. The van der Waals surface area contributed by atoms with E-state index in [1.54, 1.807) is 30.7 Å². The number of hydrogen-bond acceptors (Lipinski definition) is 6. The van der Waals surface area contributed by atoms with Crippen molar-refractivity contribution in [2.24, 2.45) is 18.9 Å². The van der Waals surface area contributed by atoms with E-state index in [4.69, 9.17) is 0 Å². The second-order valence-corrected chi connectivity index (χ2v) is 9.90. The third-order valence-electron chi connectivity index (χ3n) is 7.40. The van der Waals surface area contributed by atoms with Crippen LogP contribution in [-0.4, -0.2) is 48.8 Å². The molecule has 1 N–H and O–H groups in total. The molecule has 2 unspecified atom stereocenters. The number of rotatable bonds is 5. The van der Waals surface area contributed by atoms with E-state index in [0.29, 0.717) is 17.4 Å². The Hall–Kier alpha value is -3.53. The predicted molar refractivity (Wildman–Crippen MR) is 130 cm³/mol. The highest BCUT2D eigenvalue weighted by Gasteiger charge is 2.42. The van der Waals surface area contributed by atoms with Gasteiger partial charge in [-0.05, 0) is 55.0 Å². The van der Waals surface area contributed by atoms with E-state index in [2.05, 4.69) is 30.4 Å². The Morgan fingerprint density at radius 3 is 2.53 bits per heavy atom. The van der Waals surface area contributed by atoms with Crippen LogP contribution in [-0.2, 0) is 19.8 Å². The van der Waals surface area contributed by atoms with Crippen molar-refractivity contribution < 1.29 is 13.2 Å². The zero-order valence-electron chi connectivity index (χ0n) is 19.8. The molecule has 2 aliphatic rings. The first kappa shape index (κ1) is 22.9. The van der Waals surface area contributed by atoms with Gasteiger partial charge in [-0.15, -0.1) is 10.2 Å². The quantitative estimate of drug-likeness (QED) is 0.432. The van der Waals surface area contributed by atoms with Crippen LogP contribution in [0.5, 0.6) is 0 Å². The lowest BCUT2D eigenvalue weighted by Crippen LogP contribution is -2.26. The van der Waals surface area contributed by atoms with Crippen LogP contribution in [0.15, 0.2) is 55.0 Å². The molecule has 0 amide bonds. The molecule has 2 atom stereocenters. The van der Waals surface area contributed by atoms with Crippen LogP contribution in [0.2, 0.25) is 0 Å². The minimum Gasteiger partial charge on any atom is -0.365 e. The van der Waals surface area contributed by atoms with Crippen molar-refractivity contribution in [3.63, 3.8) is 0 Å². The van der Waals surface area contributed by atoms with Gasteiger partial charge in [-0.25, -0.2) is 4.98 Å². The van der Waals surface area contributed by atoms with Gasteiger partial charge in [0.15, 0.2) is 5.82 Å². The minimum absolute atomic E-state index is 0.0518. The topological polar surface area (TPSA) is 71.8 Å². The number of likely N-dealkylation sites (tertiary alicyclic amines) is 1. The molecule has 0 spiro atoms. The largest absolute Gasteiger partial charge is 0.420 e. The van der Waals surface area contributed by atoms with Gasteiger partial charge < -0.3 is 9.88 Å². The zero-order valence-corrected chi connectivity index (χ0v) is 19.8. The molecule has 4 aromatic rings. The van der Waals surface area contributed by atoms with Crippen molar-refractivity contribution in [2.75, 3.05) is 18.4 Å². The molecule has 1 aliphatic heterocycles. The molecule has 0 radical (unpaired) electrons. The number of nitrogens with zero attached hydrogens (tertiary/aromatic N) is 6. The summed E-state index contributed by atoms with van der Waals surface area (Å²) >= 11 is 0. The summed E-state index contributed by atoms with van der Waals surface area (Å²) in [5.74, 6) is 0.722. The van der Waals surface area contributed by atoms with Crippen molar-refractivity contribution in [3.05, 3.63) is 66.2 Å². The zero-order chi connectivity index (χ0) is 24.9. The molecule has 186 valence electrons. The summed E-state index contributed by atoms with van der Waals surface area (Å²) in [6, 6.07) is 12.2. The van der Waals surface area contributed by atoms with Gasteiger partial charge >= 0.3 is 6.18 Å².